The molecular weight excluding hydrogens is 352 g/mol. The summed E-state index contributed by atoms with van der Waals surface area (Å²) >= 11 is 0. The number of benzene rings is 1. The minimum atomic E-state index is 0.0371. The predicted molar refractivity (Wildman–Crippen MR) is 106 cm³/mol. The van der Waals surface area contributed by atoms with Gasteiger partial charge in [-0.05, 0) is 42.0 Å². The predicted octanol–water partition coefficient (Wildman–Crippen LogP) is 3.23. The Bertz CT molecular complexity index is 910. The SMILES string of the molecule is O=C(c1cccc(Oc2ccccn2)c1)N1CCN(Cc2ccncc2)CC1. The van der Waals surface area contributed by atoms with Crippen LogP contribution in [-0.2, 0) is 6.54 Å². The number of amides is 1. The van der Waals surface area contributed by atoms with Crippen LogP contribution in [0.5, 0.6) is 11.6 Å². The van der Waals surface area contributed by atoms with Gasteiger partial charge in [0.1, 0.15) is 5.75 Å². The van der Waals surface area contributed by atoms with Crippen LogP contribution in [0.15, 0.2) is 73.2 Å². The van der Waals surface area contributed by atoms with Gasteiger partial charge in [0.2, 0.25) is 5.88 Å². The van der Waals surface area contributed by atoms with Crippen molar-refractivity contribution in [2.45, 2.75) is 6.54 Å². The highest BCUT2D eigenvalue weighted by molar-refractivity contribution is 5.94. The molecule has 4 rings (SSSR count). The number of carbonyl (C=O) groups is 1. The van der Waals surface area contributed by atoms with Crippen LogP contribution in [-0.4, -0.2) is 51.9 Å². The van der Waals surface area contributed by atoms with E-state index in [-0.39, 0.29) is 5.91 Å². The summed E-state index contributed by atoms with van der Waals surface area (Å²) in [5.41, 5.74) is 1.88. The second kappa shape index (κ2) is 8.63. The van der Waals surface area contributed by atoms with E-state index >= 15 is 0 Å². The van der Waals surface area contributed by atoms with Gasteiger partial charge < -0.3 is 9.64 Å². The minimum absolute atomic E-state index is 0.0371. The summed E-state index contributed by atoms with van der Waals surface area (Å²) in [6.07, 6.45) is 5.31. The van der Waals surface area contributed by atoms with Crippen LogP contribution in [0.25, 0.3) is 0 Å². The summed E-state index contributed by atoms with van der Waals surface area (Å²) in [5, 5.41) is 0. The molecule has 1 saturated heterocycles. The zero-order valence-electron chi connectivity index (χ0n) is 15.6. The molecule has 6 nitrogen and oxygen atoms in total. The molecule has 0 N–H and O–H groups in total. The van der Waals surface area contributed by atoms with Gasteiger partial charge in [-0.2, -0.15) is 0 Å². The monoisotopic (exact) mass is 374 g/mol. The number of aromatic nitrogens is 2. The van der Waals surface area contributed by atoms with E-state index in [4.69, 9.17) is 4.74 Å². The first-order chi connectivity index (χ1) is 13.8. The average Bonchev–Trinajstić information content (AvgIpc) is 2.75. The van der Waals surface area contributed by atoms with Crippen molar-refractivity contribution in [2.24, 2.45) is 0 Å². The summed E-state index contributed by atoms with van der Waals surface area (Å²) in [6.45, 7) is 4.04. The molecule has 1 aliphatic rings. The van der Waals surface area contributed by atoms with Crippen molar-refractivity contribution in [2.75, 3.05) is 26.2 Å². The quantitative estimate of drug-likeness (QED) is 0.686. The smallest absolute Gasteiger partial charge is 0.254 e. The maximum atomic E-state index is 12.9. The third-order valence-electron chi connectivity index (χ3n) is 4.76. The normalized spacial score (nSPS) is 14.6. The molecule has 0 unspecified atom stereocenters. The van der Waals surface area contributed by atoms with Gasteiger partial charge in [0, 0.05) is 62.9 Å². The maximum absolute atomic E-state index is 12.9. The third kappa shape index (κ3) is 4.53. The lowest BCUT2D eigenvalue weighted by atomic mass is 10.1. The fourth-order valence-electron chi connectivity index (χ4n) is 3.26. The van der Waals surface area contributed by atoms with E-state index in [1.165, 1.54) is 5.56 Å². The Morgan fingerprint density at radius 2 is 1.75 bits per heavy atom. The molecular formula is C22H22N4O2. The van der Waals surface area contributed by atoms with Crippen LogP contribution in [0, 0.1) is 0 Å². The molecule has 1 amide bonds. The van der Waals surface area contributed by atoms with Crippen molar-refractivity contribution in [1.82, 2.24) is 19.8 Å². The Kier molecular flexibility index (Phi) is 5.58. The molecule has 0 aliphatic carbocycles. The molecule has 6 heteroatoms. The summed E-state index contributed by atoms with van der Waals surface area (Å²) in [4.78, 5) is 25.4. The lowest BCUT2D eigenvalue weighted by Gasteiger charge is -2.34. The summed E-state index contributed by atoms with van der Waals surface area (Å²) in [6, 6.07) is 16.8. The Morgan fingerprint density at radius 3 is 2.50 bits per heavy atom. The topological polar surface area (TPSA) is 58.6 Å². The van der Waals surface area contributed by atoms with Crippen LogP contribution < -0.4 is 4.74 Å². The van der Waals surface area contributed by atoms with E-state index in [2.05, 4.69) is 14.9 Å². The number of pyridine rings is 2. The molecule has 0 bridgehead atoms. The molecule has 0 saturated carbocycles. The Balaban J connectivity index is 1.35. The zero-order chi connectivity index (χ0) is 19.2. The summed E-state index contributed by atoms with van der Waals surface area (Å²) < 4.78 is 5.74. The Morgan fingerprint density at radius 1 is 0.929 bits per heavy atom. The summed E-state index contributed by atoms with van der Waals surface area (Å²) in [5.74, 6) is 1.16. The van der Waals surface area contributed by atoms with Gasteiger partial charge in [-0.3, -0.25) is 14.7 Å². The van der Waals surface area contributed by atoms with Gasteiger partial charge in [0.25, 0.3) is 5.91 Å². The number of piperazine rings is 1. The highest BCUT2D eigenvalue weighted by Crippen LogP contribution is 2.21. The van der Waals surface area contributed by atoms with Gasteiger partial charge in [0.05, 0.1) is 0 Å². The van der Waals surface area contributed by atoms with Gasteiger partial charge in [0.15, 0.2) is 0 Å². The van der Waals surface area contributed by atoms with Crippen molar-refractivity contribution in [1.29, 1.82) is 0 Å². The van der Waals surface area contributed by atoms with Crippen molar-refractivity contribution in [3.63, 3.8) is 0 Å². The fraction of sp³-hybridized carbons (Fsp3) is 0.227. The molecule has 0 atom stereocenters. The standard InChI is InChI=1S/C22H22N4O2/c27-22(19-4-3-5-20(16-19)28-21-6-1-2-9-24-21)26-14-12-25(13-15-26)17-18-7-10-23-11-8-18/h1-11,16H,12-15,17H2. The molecule has 1 fully saturated rings. The molecule has 3 aromatic rings. The molecule has 142 valence electrons. The van der Waals surface area contributed by atoms with Crippen molar-refractivity contribution >= 4 is 5.91 Å². The largest absolute Gasteiger partial charge is 0.439 e. The Labute approximate surface area is 164 Å². The number of carbonyl (C=O) groups excluding carboxylic acids is 1. The number of nitrogens with zero attached hydrogens (tertiary/aromatic N) is 4. The lowest BCUT2D eigenvalue weighted by Crippen LogP contribution is -2.48. The van der Waals surface area contributed by atoms with Crippen molar-refractivity contribution in [3.05, 3.63) is 84.3 Å². The molecule has 2 aromatic heterocycles. The van der Waals surface area contributed by atoms with Crippen molar-refractivity contribution < 1.29 is 9.53 Å². The zero-order valence-corrected chi connectivity index (χ0v) is 15.6. The van der Waals surface area contributed by atoms with E-state index < -0.39 is 0 Å². The first-order valence-electron chi connectivity index (χ1n) is 9.37. The highest BCUT2D eigenvalue weighted by atomic mass is 16.5. The maximum Gasteiger partial charge on any atom is 0.254 e. The molecule has 1 aliphatic heterocycles. The van der Waals surface area contributed by atoms with E-state index in [1.54, 1.807) is 18.3 Å². The van der Waals surface area contributed by atoms with E-state index in [0.29, 0.717) is 17.2 Å². The third-order valence-corrected chi connectivity index (χ3v) is 4.76. The van der Waals surface area contributed by atoms with Crippen LogP contribution in [0.1, 0.15) is 15.9 Å². The van der Waals surface area contributed by atoms with Crippen LogP contribution in [0.4, 0.5) is 0 Å². The first kappa shape index (κ1) is 18.1. The molecule has 1 aromatic carbocycles. The average molecular weight is 374 g/mol. The van der Waals surface area contributed by atoms with Gasteiger partial charge in [-0.1, -0.05) is 12.1 Å². The van der Waals surface area contributed by atoms with E-state index in [9.17, 15) is 4.79 Å². The number of hydrogen-bond donors (Lipinski definition) is 0. The number of rotatable bonds is 5. The van der Waals surface area contributed by atoms with E-state index in [0.717, 1.165) is 32.7 Å². The lowest BCUT2D eigenvalue weighted by molar-refractivity contribution is 0.0628. The summed E-state index contributed by atoms with van der Waals surface area (Å²) in [7, 11) is 0. The van der Waals surface area contributed by atoms with Crippen LogP contribution >= 0.6 is 0 Å². The molecule has 3 heterocycles. The minimum Gasteiger partial charge on any atom is -0.439 e. The van der Waals surface area contributed by atoms with Gasteiger partial charge in [-0.25, -0.2) is 4.98 Å². The molecule has 0 radical (unpaired) electrons. The number of hydrogen-bond acceptors (Lipinski definition) is 5. The Hall–Kier alpha value is -3.25. The molecule has 28 heavy (non-hydrogen) atoms. The molecule has 0 spiro atoms. The fourth-order valence-corrected chi connectivity index (χ4v) is 3.26. The highest BCUT2D eigenvalue weighted by Gasteiger charge is 2.22. The van der Waals surface area contributed by atoms with Gasteiger partial charge >= 0.3 is 0 Å². The van der Waals surface area contributed by atoms with E-state index in [1.807, 2.05) is 59.8 Å². The second-order valence-corrected chi connectivity index (χ2v) is 6.72. The van der Waals surface area contributed by atoms with Crippen molar-refractivity contribution in [3.8, 4) is 11.6 Å². The van der Waals surface area contributed by atoms with Gasteiger partial charge in [-0.15, -0.1) is 0 Å². The van der Waals surface area contributed by atoms with Crippen LogP contribution in [0.3, 0.4) is 0 Å². The number of ether oxygens (including phenoxy) is 1. The first-order valence-corrected chi connectivity index (χ1v) is 9.37. The second-order valence-electron chi connectivity index (χ2n) is 6.72. The van der Waals surface area contributed by atoms with Crippen LogP contribution in [0.2, 0.25) is 0 Å².